The Bertz CT molecular complexity index is 784. The number of non-ortho nitro benzene ring substituents is 1. The van der Waals surface area contributed by atoms with Crippen LogP contribution in [-0.4, -0.2) is 47.4 Å². The van der Waals surface area contributed by atoms with E-state index in [-0.39, 0.29) is 11.6 Å². The molecule has 0 spiro atoms. The molecule has 0 unspecified atom stereocenters. The molecule has 3 rings (SSSR count). The summed E-state index contributed by atoms with van der Waals surface area (Å²) in [6.45, 7) is 2.53. The average Bonchev–Trinajstić information content (AvgIpc) is 3.16. The lowest BCUT2D eigenvalue weighted by Gasteiger charge is -2.31. The number of nitrogens with one attached hydrogen (secondary N) is 1. The second-order valence-electron chi connectivity index (χ2n) is 6.47. The minimum Gasteiger partial charge on any atom is -0.337 e. The van der Waals surface area contributed by atoms with Gasteiger partial charge in [-0.3, -0.25) is 14.9 Å². The topological polar surface area (TPSA) is 88.4 Å². The Morgan fingerprint density at radius 1 is 1.42 bits per heavy atom. The summed E-state index contributed by atoms with van der Waals surface area (Å²) < 4.78 is 0. The Kier molecular flexibility index (Phi) is 5.95. The largest absolute Gasteiger partial charge is 0.337 e. The normalized spacial score (nSPS) is 15.2. The van der Waals surface area contributed by atoms with E-state index in [2.05, 4.69) is 10.3 Å². The van der Waals surface area contributed by atoms with Gasteiger partial charge in [0.05, 0.1) is 4.92 Å². The van der Waals surface area contributed by atoms with E-state index in [0.29, 0.717) is 22.2 Å². The maximum absolute atomic E-state index is 12.7. The molecular formula is C18H22N4O3S. The van der Waals surface area contributed by atoms with Gasteiger partial charge in [0.2, 0.25) is 0 Å². The second kappa shape index (κ2) is 8.37. The summed E-state index contributed by atoms with van der Waals surface area (Å²) in [5.74, 6) is 0.618. The predicted octanol–water partition coefficient (Wildman–Crippen LogP) is 3.18. The second-order valence-corrected chi connectivity index (χ2v) is 7.33. The first-order valence-electron chi connectivity index (χ1n) is 8.72. The van der Waals surface area contributed by atoms with E-state index >= 15 is 0 Å². The summed E-state index contributed by atoms with van der Waals surface area (Å²) in [7, 11) is 1.96. The number of amides is 1. The number of hydrogen-bond donors (Lipinski definition) is 1. The zero-order chi connectivity index (χ0) is 18.5. The molecule has 8 heteroatoms. The smallest absolute Gasteiger partial charge is 0.273 e. The summed E-state index contributed by atoms with van der Waals surface area (Å²) in [6, 6.07) is 6.33. The Morgan fingerprint density at radius 3 is 2.88 bits per heavy atom. The third-order valence-electron chi connectivity index (χ3n) is 4.73. The van der Waals surface area contributed by atoms with Crippen LogP contribution in [0.5, 0.6) is 0 Å². The molecule has 0 radical (unpaired) electrons. The molecule has 1 amide bonds. The van der Waals surface area contributed by atoms with Crippen molar-refractivity contribution < 1.29 is 9.72 Å². The number of aromatic nitrogens is 1. The molecule has 0 atom stereocenters. The van der Waals surface area contributed by atoms with E-state index in [1.54, 1.807) is 17.5 Å². The number of carbonyl (C=O) groups is 1. The minimum atomic E-state index is -0.429. The Labute approximate surface area is 156 Å². The highest BCUT2D eigenvalue weighted by atomic mass is 32.1. The maximum Gasteiger partial charge on any atom is 0.273 e. The van der Waals surface area contributed by atoms with Crippen LogP contribution in [0.15, 0.2) is 29.6 Å². The van der Waals surface area contributed by atoms with Crippen LogP contribution in [0.25, 0.3) is 10.6 Å². The van der Waals surface area contributed by atoms with Crippen molar-refractivity contribution in [1.82, 2.24) is 15.2 Å². The highest BCUT2D eigenvalue weighted by Crippen LogP contribution is 2.28. The van der Waals surface area contributed by atoms with E-state index in [4.69, 9.17) is 0 Å². The molecule has 1 aliphatic rings. The standard InChI is InChI=1S/C18H22N4O3S/c1-19-8-5-13-6-9-21(10-7-13)18(23)16-12-26-17(20-16)14-3-2-4-15(11-14)22(24)25/h2-4,11-13,19H,5-10H2,1H3. The number of benzene rings is 1. The molecule has 7 nitrogen and oxygen atoms in total. The molecule has 1 N–H and O–H groups in total. The summed E-state index contributed by atoms with van der Waals surface area (Å²) in [5, 5.41) is 16.5. The zero-order valence-corrected chi connectivity index (χ0v) is 15.5. The number of carbonyl (C=O) groups excluding carboxylic acids is 1. The molecule has 138 valence electrons. The summed E-state index contributed by atoms with van der Waals surface area (Å²) in [5.41, 5.74) is 1.11. The number of nitro groups is 1. The van der Waals surface area contributed by atoms with Gasteiger partial charge < -0.3 is 10.2 Å². The molecule has 1 aromatic heterocycles. The molecule has 1 fully saturated rings. The van der Waals surface area contributed by atoms with Crippen molar-refractivity contribution >= 4 is 22.9 Å². The van der Waals surface area contributed by atoms with E-state index in [9.17, 15) is 14.9 Å². The number of nitro benzene ring substituents is 1. The number of nitrogens with zero attached hydrogens (tertiary/aromatic N) is 3. The highest BCUT2D eigenvalue weighted by Gasteiger charge is 2.25. The quantitative estimate of drug-likeness (QED) is 0.620. The van der Waals surface area contributed by atoms with Gasteiger partial charge in [-0.1, -0.05) is 12.1 Å². The van der Waals surface area contributed by atoms with Crippen LogP contribution in [0.3, 0.4) is 0 Å². The number of hydrogen-bond acceptors (Lipinski definition) is 6. The fourth-order valence-electron chi connectivity index (χ4n) is 3.19. The number of piperidine rings is 1. The maximum atomic E-state index is 12.7. The molecule has 2 aromatic rings. The SMILES string of the molecule is CNCCC1CCN(C(=O)c2csc(-c3cccc([N+](=O)[O-])c3)n2)CC1. The minimum absolute atomic E-state index is 0.0224. The fraction of sp³-hybridized carbons (Fsp3) is 0.444. The van der Waals surface area contributed by atoms with Crippen LogP contribution in [-0.2, 0) is 0 Å². The lowest BCUT2D eigenvalue weighted by Crippen LogP contribution is -2.39. The number of rotatable bonds is 6. The van der Waals surface area contributed by atoms with Crippen molar-refractivity contribution in [3.05, 3.63) is 45.5 Å². The fourth-order valence-corrected chi connectivity index (χ4v) is 3.98. The molecular weight excluding hydrogens is 352 g/mol. The van der Waals surface area contributed by atoms with Crippen LogP contribution in [0.1, 0.15) is 29.8 Å². The molecule has 2 heterocycles. The Morgan fingerprint density at radius 2 is 2.19 bits per heavy atom. The monoisotopic (exact) mass is 374 g/mol. The van der Waals surface area contributed by atoms with Crippen molar-refractivity contribution in [2.45, 2.75) is 19.3 Å². The first-order valence-corrected chi connectivity index (χ1v) is 9.60. The van der Waals surface area contributed by atoms with E-state index < -0.39 is 4.92 Å². The molecule has 0 saturated carbocycles. The van der Waals surface area contributed by atoms with Gasteiger partial charge in [0.25, 0.3) is 11.6 Å². The zero-order valence-electron chi connectivity index (χ0n) is 14.7. The van der Waals surface area contributed by atoms with Crippen LogP contribution in [0.2, 0.25) is 0 Å². The summed E-state index contributed by atoms with van der Waals surface area (Å²) in [4.78, 5) is 29.5. The van der Waals surface area contributed by atoms with Gasteiger partial charge in [0.15, 0.2) is 0 Å². The molecule has 26 heavy (non-hydrogen) atoms. The van der Waals surface area contributed by atoms with Crippen LogP contribution < -0.4 is 5.32 Å². The molecule has 1 aliphatic heterocycles. The van der Waals surface area contributed by atoms with Crippen molar-refractivity contribution in [1.29, 1.82) is 0 Å². The third kappa shape index (κ3) is 4.25. The molecule has 1 aromatic carbocycles. The van der Waals surface area contributed by atoms with Crippen molar-refractivity contribution in [2.75, 3.05) is 26.7 Å². The molecule has 0 bridgehead atoms. The van der Waals surface area contributed by atoms with E-state index in [1.807, 2.05) is 11.9 Å². The van der Waals surface area contributed by atoms with Crippen molar-refractivity contribution in [2.24, 2.45) is 5.92 Å². The van der Waals surface area contributed by atoms with Gasteiger partial charge in [0.1, 0.15) is 10.7 Å². The first-order chi connectivity index (χ1) is 12.6. The number of thiazole rings is 1. The van der Waals surface area contributed by atoms with Gasteiger partial charge in [0, 0.05) is 36.2 Å². The summed E-state index contributed by atoms with van der Waals surface area (Å²) >= 11 is 1.34. The van der Waals surface area contributed by atoms with Gasteiger partial charge in [-0.15, -0.1) is 11.3 Å². The molecule has 1 saturated heterocycles. The third-order valence-corrected chi connectivity index (χ3v) is 5.62. The number of likely N-dealkylation sites (tertiary alicyclic amines) is 1. The van der Waals surface area contributed by atoms with Gasteiger partial charge in [-0.2, -0.15) is 0 Å². The first kappa shape index (κ1) is 18.5. The van der Waals surface area contributed by atoms with E-state index in [1.165, 1.54) is 23.5 Å². The Balaban J connectivity index is 1.65. The Hall–Kier alpha value is -2.32. The average molecular weight is 374 g/mol. The lowest BCUT2D eigenvalue weighted by atomic mass is 9.93. The van der Waals surface area contributed by atoms with Crippen LogP contribution in [0.4, 0.5) is 5.69 Å². The highest BCUT2D eigenvalue weighted by molar-refractivity contribution is 7.13. The molecule has 0 aliphatic carbocycles. The van der Waals surface area contributed by atoms with Crippen LogP contribution >= 0.6 is 11.3 Å². The van der Waals surface area contributed by atoms with Crippen molar-refractivity contribution in [3.8, 4) is 10.6 Å². The van der Waals surface area contributed by atoms with E-state index in [0.717, 1.165) is 38.9 Å². The summed E-state index contributed by atoms with van der Waals surface area (Å²) in [6.07, 6.45) is 3.19. The predicted molar refractivity (Wildman–Crippen MR) is 101 cm³/mol. The lowest BCUT2D eigenvalue weighted by molar-refractivity contribution is -0.384. The van der Waals surface area contributed by atoms with Gasteiger partial charge >= 0.3 is 0 Å². The van der Waals surface area contributed by atoms with Crippen LogP contribution in [0, 0.1) is 16.0 Å². The van der Waals surface area contributed by atoms with Gasteiger partial charge in [-0.05, 0) is 38.8 Å². The van der Waals surface area contributed by atoms with Crippen molar-refractivity contribution in [3.63, 3.8) is 0 Å². The van der Waals surface area contributed by atoms with Gasteiger partial charge in [-0.25, -0.2) is 4.98 Å².